The molecule has 0 aromatic carbocycles. The van der Waals surface area contributed by atoms with Gasteiger partial charge in [-0.2, -0.15) is 0 Å². The van der Waals surface area contributed by atoms with E-state index in [1.54, 1.807) is 0 Å². The van der Waals surface area contributed by atoms with Gasteiger partial charge in [0.05, 0.1) is 26.1 Å². The molecule has 0 fully saturated rings. The largest absolute Gasteiger partial charge is 0.466 e. The lowest BCUT2D eigenvalue weighted by Gasteiger charge is -2.06. The van der Waals surface area contributed by atoms with Crippen LogP contribution in [0.25, 0.3) is 0 Å². The van der Waals surface area contributed by atoms with Gasteiger partial charge in [-0.15, -0.1) is 0 Å². The van der Waals surface area contributed by atoms with Crippen LogP contribution in [0.4, 0.5) is 0 Å². The maximum Gasteiger partial charge on any atom is 0.306 e. The van der Waals surface area contributed by atoms with Crippen molar-refractivity contribution in [2.45, 2.75) is 90.9 Å². The van der Waals surface area contributed by atoms with E-state index in [0.29, 0.717) is 13.2 Å². The topological polar surface area (TPSA) is 52.6 Å². The highest BCUT2D eigenvalue weighted by molar-refractivity contribution is 5.77. The van der Waals surface area contributed by atoms with Crippen LogP contribution in [0.3, 0.4) is 0 Å². The molecule has 0 aliphatic rings. The molecule has 0 radical (unpaired) electrons. The lowest BCUT2D eigenvalue weighted by Crippen LogP contribution is -2.11. The maximum absolute atomic E-state index is 11.5. The summed E-state index contributed by atoms with van der Waals surface area (Å²) < 4.78 is 10.2. The lowest BCUT2D eigenvalue weighted by molar-refractivity contribution is -0.150. The van der Waals surface area contributed by atoms with Crippen LogP contribution >= 0.6 is 0 Å². The van der Waals surface area contributed by atoms with Crippen molar-refractivity contribution in [3.05, 3.63) is 0 Å². The molecule has 4 nitrogen and oxygen atoms in total. The van der Waals surface area contributed by atoms with E-state index in [4.69, 9.17) is 9.47 Å². The second-order valence-corrected chi connectivity index (χ2v) is 5.77. The van der Waals surface area contributed by atoms with Crippen molar-refractivity contribution < 1.29 is 19.1 Å². The third kappa shape index (κ3) is 15.3. The Kier molecular flexibility index (Phi) is 15.5. The zero-order valence-corrected chi connectivity index (χ0v) is 14.5. The number of rotatable bonds is 15. The van der Waals surface area contributed by atoms with E-state index in [0.717, 1.165) is 25.7 Å². The van der Waals surface area contributed by atoms with Crippen molar-refractivity contribution in [3.63, 3.8) is 0 Å². The molecule has 0 unspecified atom stereocenters. The van der Waals surface area contributed by atoms with Crippen LogP contribution in [-0.4, -0.2) is 25.2 Å². The Hall–Kier alpha value is -1.06. The fourth-order valence-electron chi connectivity index (χ4n) is 2.13. The number of hydrogen-bond acceptors (Lipinski definition) is 4. The average Bonchev–Trinajstić information content (AvgIpc) is 2.52. The highest BCUT2D eigenvalue weighted by Crippen LogP contribution is 2.05. The maximum atomic E-state index is 11.5. The van der Waals surface area contributed by atoms with Crippen molar-refractivity contribution in [1.82, 2.24) is 0 Å². The summed E-state index contributed by atoms with van der Waals surface area (Å²) in [6, 6.07) is 0. The van der Waals surface area contributed by atoms with Gasteiger partial charge in [0.15, 0.2) is 0 Å². The predicted molar refractivity (Wildman–Crippen MR) is 88.7 cm³/mol. The number of carbonyl (C=O) groups is 2. The summed E-state index contributed by atoms with van der Waals surface area (Å²) in [6.45, 7) is 5.28. The van der Waals surface area contributed by atoms with Gasteiger partial charge >= 0.3 is 11.9 Å². The van der Waals surface area contributed by atoms with Crippen LogP contribution in [0.2, 0.25) is 0 Å². The summed E-state index contributed by atoms with van der Waals surface area (Å²) in [7, 11) is 0. The minimum atomic E-state index is -0.296. The van der Waals surface area contributed by atoms with E-state index < -0.39 is 0 Å². The van der Waals surface area contributed by atoms with E-state index in [1.165, 1.54) is 38.5 Å². The summed E-state index contributed by atoms with van der Waals surface area (Å²) in [4.78, 5) is 22.9. The zero-order chi connectivity index (χ0) is 16.5. The number of hydrogen-bond donors (Lipinski definition) is 0. The second-order valence-electron chi connectivity index (χ2n) is 5.77. The number of ether oxygens (including phenoxy) is 2. The quantitative estimate of drug-likeness (QED) is 0.322. The van der Waals surface area contributed by atoms with Gasteiger partial charge in [-0.25, -0.2) is 0 Å². The highest BCUT2D eigenvalue weighted by atomic mass is 16.5. The molecular formula is C18H34O4. The standard InChI is InChI=1S/C18H34O4/c1-3-5-7-9-11-15-21-17(19)13-14-18(20)22-16-12-10-8-6-4-2/h3-16H2,1-2H3. The molecule has 0 N–H and O–H groups in total. The molecule has 0 bridgehead atoms. The fourth-order valence-corrected chi connectivity index (χ4v) is 2.13. The minimum absolute atomic E-state index is 0.129. The molecule has 0 atom stereocenters. The lowest BCUT2D eigenvalue weighted by atomic mass is 10.2. The molecule has 0 saturated heterocycles. The van der Waals surface area contributed by atoms with Crippen LogP contribution in [-0.2, 0) is 19.1 Å². The van der Waals surface area contributed by atoms with Crippen LogP contribution in [0, 0.1) is 0 Å². The van der Waals surface area contributed by atoms with Gasteiger partial charge in [0, 0.05) is 0 Å². The van der Waals surface area contributed by atoms with E-state index in [-0.39, 0.29) is 24.8 Å². The Balaban J connectivity index is 3.36. The third-order valence-corrected chi connectivity index (χ3v) is 3.56. The summed E-state index contributed by atoms with van der Waals surface area (Å²) in [5.41, 5.74) is 0. The third-order valence-electron chi connectivity index (χ3n) is 3.56. The molecule has 0 aliphatic heterocycles. The monoisotopic (exact) mass is 314 g/mol. The first kappa shape index (κ1) is 20.9. The summed E-state index contributed by atoms with van der Waals surface area (Å²) in [6.07, 6.45) is 11.5. The Morgan fingerprint density at radius 3 is 1.32 bits per heavy atom. The molecular weight excluding hydrogens is 280 g/mol. The molecule has 0 rings (SSSR count). The Labute approximate surface area is 135 Å². The van der Waals surface area contributed by atoms with Crippen LogP contribution in [0.1, 0.15) is 90.9 Å². The summed E-state index contributed by atoms with van der Waals surface area (Å²) in [5.74, 6) is -0.592. The first-order valence-corrected chi connectivity index (χ1v) is 9.02. The van der Waals surface area contributed by atoms with E-state index >= 15 is 0 Å². The summed E-state index contributed by atoms with van der Waals surface area (Å²) >= 11 is 0. The average molecular weight is 314 g/mol. The van der Waals surface area contributed by atoms with E-state index in [1.807, 2.05) is 0 Å². The van der Waals surface area contributed by atoms with Crippen molar-refractivity contribution in [2.75, 3.05) is 13.2 Å². The smallest absolute Gasteiger partial charge is 0.306 e. The van der Waals surface area contributed by atoms with Gasteiger partial charge in [0.25, 0.3) is 0 Å². The van der Waals surface area contributed by atoms with Crippen molar-refractivity contribution in [3.8, 4) is 0 Å². The number of carbonyl (C=O) groups excluding carboxylic acids is 2. The SMILES string of the molecule is CCCCCCCOC(=O)CCC(=O)OCCCCCCC. The highest BCUT2D eigenvalue weighted by Gasteiger charge is 2.08. The Bertz CT molecular complexity index is 248. The van der Waals surface area contributed by atoms with E-state index in [9.17, 15) is 9.59 Å². The van der Waals surface area contributed by atoms with Gasteiger partial charge < -0.3 is 9.47 Å². The predicted octanol–water partition coefficient (Wildman–Crippen LogP) is 4.79. The van der Waals surface area contributed by atoms with Crippen molar-refractivity contribution >= 4 is 11.9 Å². The Morgan fingerprint density at radius 1 is 0.591 bits per heavy atom. The second kappa shape index (κ2) is 16.3. The molecule has 0 heterocycles. The number of unbranched alkanes of at least 4 members (excludes halogenated alkanes) is 8. The molecule has 0 saturated carbocycles. The summed E-state index contributed by atoms with van der Waals surface area (Å²) in [5, 5.41) is 0. The number of esters is 2. The minimum Gasteiger partial charge on any atom is -0.466 e. The van der Waals surface area contributed by atoms with Gasteiger partial charge in [-0.1, -0.05) is 65.2 Å². The van der Waals surface area contributed by atoms with Crippen LogP contribution in [0.5, 0.6) is 0 Å². The van der Waals surface area contributed by atoms with Crippen LogP contribution in [0.15, 0.2) is 0 Å². The van der Waals surface area contributed by atoms with Gasteiger partial charge in [0.1, 0.15) is 0 Å². The molecule has 22 heavy (non-hydrogen) atoms. The zero-order valence-electron chi connectivity index (χ0n) is 14.5. The van der Waals surface area contributed by atoms with Crippen molar-refractivity contribution in [2.24, 2.45) is 0 Å². The van der Waals surface area contributed by atoms with Crippen LogP contribution < -0.4 is 0 Å². The first-order chi connectivity index (χ1) is 10.7. The molecule has 4 heteroatoms. The van der Waals surface area contributed by atoms with Crippen molar-refractivity contribution in [1.29, 1.82) is 0 Å². The molecule has 0 aliphatic carbocycles. The molecule has 0 spiro atoms. The van der Waals surface area contributed by atoms with Gasteiger partial charge in [-0.05, 0) is 12.8 Å². The molecule has 0 aromatic rings. The fraction of sp³-hybridized carbons (Fsp3) is 0.889. The molecule has 0 aromatic heterocycles. The Morgan fingerprint density at radius 2 is 0.955 bits per heavy atom. The van der Waals surface area contributed by atoms with Gasteiger partial charge in [0.2, 0.25) is 0 Å². The van der Waals surface area contributed by atoms with E-state index in [2.05, 4.69) is 13.8 Å². The van der Waals surface area contributed by atoms with Gasteiger partial charge in [-0.3, -0.25) is 9.59 Å². The molecule has 0 amide bonds. The normalized spacial score (nSPS) is 10.5. The first-order valence-electron chi connectivity index (χ1n) is 9.02. The molecule has 130 valence electrons.